The van der Waals surface area contributed by atoms with E-state index in [9.17, 15) is 0 Å². The normalized spacial score (nSPS) is 20.8. The van der Waals surface area contributed by atoms with E-state index in [0.29, 0.717) is 5.92 Å². The van der Waals surface area contributed by atoms with Crippen molar-refractivity contribution < 1.29 is 9.47 Å². The van der Waals surface area contributed by atoms with Gasteiger partial charge in [-0.15, -0.1) is 0 Å². The fraction of sp³-hybridized carbons (Fsp3) is 0.571. The molecule has 1 aromatic carbocycles. The molecule has 1 aromatic rings. The fourth-order valence-corrected chi connectivity index (χ4v) is 2.69. The standard InChI is InChI=1S/C14H22N2O2/c1-9-12(17-2)5-4-11(14(9)18-3)13(15)10-6-7-16-8-10/h4-5,10,13,16H,6-8,15H2,1-3H3. The van der Waals surface area contributed by atoms with E-state index in [4.69, 9.17) is 15.2 Å². The molecule has 0 aliphatic carbocycles. The third-order valence-electron chi connectivity index (χ3n) is 3.78. The second-order valence-electron chi connectivity index (χ2n) is 4.79. The van der Waals surface area contributed by atoms with E-state index in [2.05, 4.69) is 5.32 Å². The van der Waals surface area contributed by atoms with Crippen LogP contribution in [0.4, 0.5) is 0 Å². The SMILES string of the molecule is COc1ccc(C(N)C2CCNC2)c(OC)c1C. The van der Waals surface area contributed by atoms with Gasteiger partial charge in [0, 0.05) is 17.2 Å². The third kappa shape index (κ3) is 2.31. The van der Waals surface area contributed by atoms with Gasteiger partial charge in [0.25, 0.3) is 0 Å². The minimum absolute atomic E-state index is 0.0135. The van der Waals surface area contributed by atoms with Gasteiger partial charge in [-0.1, -0.05) is 6.07 Å². The summed E-state index contributed by atoms with van der Waals surface area (Å²) in [6, 6.07) is 4.00. The molecule has 4 heteroatoms. The van der Waals surface area contributed by atoms with Gasteiger partial charge in [-0.2, -0.15) is 0 Å². The monoisotopic (exact) mass is 250 g/mol. The molecule has 0 saturated carbocycles. The molecule has 2 rings (SSSR count). The predicted octanol–water partition coefficient (Wildman–Crippen LogP) is 1.62. The number of hydrogen-bond acceptors (Lipinski definition) is 4. The largest absolute Gasteiger partial charge is 0.496 e. The third-order valence-corrected chi connectivity index (χ3v) is 3.78. The van der Waals surface area contributed by atoms with Crippen molar-refractivity contribution in [2.45, 2.75) is 19.4 Å². The minimum Gasteiger partial charge on any atom is -0.496 e. The van der Waals surface area contributed by atoms with Crippen LogP contribution < -0.4 is 20.5 Å². The number of hydrogen-bond donors (Lipinski definition) is 2. The Morgan fingerprint density at radius 2 is 2.11 bits per heavy atom. The first-order valence-electron chi connectivity index (χ1n) is 6.36. The lowest BCUT2D eigenvalue weighted by atomic mass is 9.91. The quantitative estimate of drug-likeness (QED) is 0.852. The van der Waals surface area contributed by atoms with Crippen LogP contribution in [-0.2, 0) is 0 Å². The van der Waals surface area contributed by atoms with Gasteiger partial charge < -0.3 is 20.5 Å². The van der Waals surface area contributed by atoms with Crippen molar-refractivity contribution in [1.82, 2.24) is 5.32 Å². The van der Waals surface area contributed by atoms with Crippen LogP contribution in [0.25, 0.3) is 0 Å². The van der Waals surface area contributed by atoms with Gasteiger partial charge in [0.2, 0.25) is 0 Å². The van der Waals surface area contributed by atoms with Crippen LogP contribution in [0.1, 0.15) is 23.6 Å². The molecule has 0 radical (unpaired) electrons. The summed E-state index contributed by atoms with van der Waals surface area (Å²) >= 11 is 0. The Morgan fingerprint density at radius 1 is 1.33 bits per heavy atom. The first-order valence-corrected chi connectivity index (χ1v) is 6.36. The summed E-state index contributed by atoms with van der Waals surface area (Å²) in [5.74, 6) is 2.17. The lowest BCUT2D eigenvalue weighted by Crippen LogP contribution is -2.24. The van der Waals surface area contributed by atoms with E-state index in [1.165, 1.54) is 0 Å². The number of benzene rings is 1. The van der Waals surface area contributed by atoms with Crippen molar-refractivity contribution in [2.24, 2.45) is 11.7 Å². The molecular weight excluding hydrogens is 228 g/mol. The smallest absolute Gasteiger partial charge is 0.130 e. The Hall–Kier alpha value is -1.26. The zero-order chi connectivity index (χ0) is 13.1. The molecule has 18 heavy (non-hydrogen) atoms. The molecule has 1 saturated heterocycles. The van der Waals surface area contributed by atoms with Crippen LogP contribution in [0, 0.1) is 12.8 Å². The Morgan fingerprint density at radius 3 is 2.67 bits per heavy atom. The molecule has 0 spiro atoms. The van der Waals surface area contributed by atoms with E-state index < -0.39 is 0 Å². The number of methoxy groups -OCH3 is 2. The van der Waals surface area contributed by atoms with Gasteiger partial charge in [-0.05, 0) is 38.4 Å². The Kier molecular flexibility index (Phi) is 4.09. The molecular formula is C14H22N2O2. The van der Waals surface area contributed by atoms with Crippen LogP contribution in [0.3, 0.4) is 0 Å². The van der Waals surface area contributed by atoms with Crippen molar-refractivity contribution in [2.75, 3.05) is 27.3 Å². The zero-order valence-corrected chi connectivity index (χ0v) is 11.3. The molecule has 4 nitrogen and oxygen atoms in total. The van der Waals surface area contributed by atoms with Crippen molar-refractivity contribution in [3.8, 4) is 11.5 Å². The Balaban J connectivity index is 2.34. The molecule has 100 valence electrons. The van der Waals surface area contributed by atoms with Crippen LogP contribution in [0.15, 0.2) is 12.1 Å². The number of nitrogens with one attached hydrogen (secondary N) is 1. The molecule has 0 bridgehead atoms. The number of ether oxygens (including phenoxy) is 2. The summed E-state index contributed by atoms with van der Waals surface area (Å²) in [6.45, 7) is 4.03. The maximum atomic E-state index is 6.38. The lowest BCUT2D eigenvalue weighted by Gasteiger charge is -2.23. The summed E-state index contributed by atoms with van der Waals surface area (Å²) in [7, 11) is 3.35. The van der Waals surface area contributed by atoms with Crippen LogP contribution in [-0.4, -0.2) is 27.3 Å². The van der Waals surface area contributed by atoms with Gasteiger partial charge in [0.05, 0.1) is 14.2 Å². The second-order valence-corrected chi connectivity index (χ2v) is 4.79. The lowest BCUT2D eigenvalue weighted by molar-refractivity contribution is 0.374. The highest BCUT2D eigenvalue weighted by Gasteiger charge is 2.26. The van der Waals surface area contributed by atoms with Gasteiger partial charge in [0.15, 0.2) is 0 Å². The van der Waals surface area contributed by atoms with Crippen LogP contribution >= 0.6 is 0 Å². The topological polar surface area (TPSA) is 56.5 Å². The average molecular weight is 250 g/mol. The van der Waals surface area contributed by atoms with Crippen molar-refractivity contribution in [3.63, 3.8) is 0 Å². The van der Waals surface area contributed by atoms with Gasteiger partial charge >= 0.3 is 0 Å². The molecule has 2 unspecified atom stereocenters. The second kappa shape index (κ2) is 5.59. The molecule has 1 fully saturated rings. The van der Waals surface area contributed by atoms with Crippen molar-refractivity contribution in [3.05, 3.63) is 23.3 Å². The highest BCUT2D eigenvalue weighted by Crippen LogP contribution is 2.37. The minimum atomic E-state index is 0.0135. The van der Waals surface area contributed by atoms with Crippen molar-refractivity contribution in [1.29, 1.82) is 0 Å². The zero-order valence-electron chi connectivity index (χ0n) is 11.3. The summed E-state index contributed by atoms with van der Waals surface area (Å²) in [4.78, 5) is 0. The fourth-order valence-electron chi connectivity index (χ4n) is 2.69. The molecule has 1 aliphatic rings. The number of nitrogens with two attached hydrogens (primary N) is 1. The first-order chi connectivity index (χ1) is 8.69. The Bertz CT molecular complexity index is 415. The maximum Gasteiger partial charge on any atom is 0.130 e. The maximum absolute atomic E-state index is 6.38. The van der Waals surface area contributed by atoms with E-state index in [1.54, 1.807) is 14.2 Å². The molecule has 2 atom stereocenters. The van der Waals surface area contributed by atoms with E-state index in [1.807, 2.05) is 19.1 Å². The molecule has 0 aromatic heterocycles. The summed E-state index contributed by atoms with van der Waals surface area (Å²) in [5.41, 5.74) is 8.46. The van der Waals surface area contributed by atoms with Crippen LogP contribution in [0.5, 0.6) is 11.5 Å². The molecule has 3 N–H and O–H groups in total. The molecule has 1 aliphatic heterocycles. The van der Waals surface area contributed by atoms with Crippen LogP contribution in [0.2, 0.25) is 0 Å². The van der Waals surface area contributed by atoms with E-state index >= 15 is 0 Å². The highest BCUT2D eigenvalue weighted by molar-refractivity contribution is 5.50. The number of rotatable bonds is 4. The Labute approximate surface area is 108 Å². The average Bonchev–Trinajstić information content (AvgIpc) is 2.91. The summed E-state index contributed by atoms with van der Waals surface area (Å²) in [5, 5.41) is 3.35. The molecule has 0 amide bonds. The van der Waals surface area contributed by atoms with Gasteiger partial charge in [0.1, 0.15) is 11.5 Å². The molecule has 1 heterocycles. The van der Waals surface area contributed by atoms with E-state index in [-0.39, 0.29) is 6.04 Å². The first kappa shape index (κ1) is 13.2. The predicted molar refractivity (Wildman–Crippen MR) is 72.2 cm³/mol. The highest BCUT2D eigenvalue weighted by atomic mass is 16.5. The van der Waals surface area contributed by atoms with E-state index in [0.717, 1.165) is 42.1 Å². The van der Waals surface area contributed by atoms with Gasteiger partial charge in [-0.25, -0.2) is 0 Å². The van der Waals surface area contributed by atoms with Crippen molar-refractivity contribution >= 4 is 0 Å². The summed E-state index contributed by atoms with van der Waals surface area (Å²) < 4.78 is 10.8. The summed E-state index contributed by atoms with van der Waals surface area (Å²) in [6.07, 6.45) is 1.12. The van der Waals surface area contributed by atoms with Gasteiger partial charge in [-0.3, -0.25) is 0 Å².